The lowest BCUT2D eigenvalue weighted by atomic mass is 9.71. The Labute approximate surface area is 258 Å². The summed E-state index contributed by atoms with van der Waals surface area (Å²) < 4.78 is 29.4. The summed E-state index contributed by atoms with van der Waals surface area (Å²) in [5.41, 5.74) is 10.8. The second-order valence-corrected chi connectivity index (χ2v) is 13.2. The molecule has 2 aromatic rings. The van der Waals surface area contributed by atoms with Crippen LogP contribution < -0.4 is 24.7 Å². The Morgan fingerprint density at radius 3 is 2.64 bits per heavy atom. The van der Waals surface area contributed by atoms with Crippen LogP contribution in [0.5, 0.6) is 28.7 Å². The molecule has 5 aliphatic heterocycles. The third kappa shape index (κ3) is 3.94. The van der Waals surface area contributed by atoms with Crippen LogP contribution in [0.3, 0.4) is 0 Å². The highest BCUT2D eigenvalue weighted by Gasteiger charge is 2.60. The van der Waals surface area contributed by atoms with Gasteiger partial charge in [0, 0.05) is 47.0 Å². The smallest absolute Gasteiger partial charge is 0.323 e. The molecule has 1 unspecified atom stereocenters. The number of nitriles is 1. The van der Waals surface area contributed by atoms with E-state index in [0.717, 1.165) is 22.3 Å². The van der Waals surface area contributed by atoms with Gasteiger partial charge in [0.05, 0.1) is 30.5 Å². The van der Waals surface area contributed by atoms with Crippen LogP contribution in [0, 0.1) is 25.2 Å². The lowest BCUT2D eigenvalue weighted by Gasteiger charge is -2.61. The number of ether oxygens (including phenoxy) is 5. The number of nitrogens with two attached hydrogens (primary N) is 1. The number of benzene rings is 2. The summed E-state index contributed by atoms with van der Waals surface area (Å²) >= 11 is 1.44. The first kappa shape index (κ1) is 29.0. The van der Waals surface area contributed by atoms with Crippen molar-refractivity contribution in [3.05, 3.63) is 39.4 Å². The van der Waals surface area contributed by atoms with E-state index < -0.39 is 47.4 Å². The number of thioether (sulfide) groups is 1. The summed E-state index contributed by atoms with van der Waals surface area (Å²) in [6.07, 6.45) is 0.522. The number of cyclic esters (lactones) is 1. The number of aromatic hydroxyl groups is 1. The minimum Gasteiger partial charge on any atom is -0.504 e. The van der Waals surface area contributed by atoms with Crippen molar-refractivity contribution in [1.82, 2.24) is 9.80 Å². The standard InChI is InChI=1S/C31H34N4O8S/c1-12-6-15-7-17-18(8-32)35-19-9-40-31(38)16(33)10-44-30(24(35)23(34(17)4)20(15)25(37)26(12)39-5)22-21(19)29-28(41-11-42-29)13(2)27(22)43-14(3)36/h6,16-19,23-24,30,37H,7,9-11,33H2,1-5H3/t16?,17-,18+,19+,23-,24-,30-/m1/s1. The lowest BCUT2D eigenvalue weighted by molar-refractivity contribution is -0.150. The van der Waals surface area contributed by atoms with Crippen molar-refractivity contribution in [2.75, 3.05) is 33.3 Å². The van der Waals surface area contributed by atoms with Crippen LogP contribution >= 0.6 is 11.8 Å². The Hall–Kier alpha value is -3.70. The number of esters is 2. The minimum absolute atomic E-state index is 0.0270. The molecule has 0 radical (unpaired) electrons. The largest absolute Gasteiger partial charge is 0.504 e. The van der Waals surface area contributed by atoms with Crippen LogP contribution in [0.2, 0.25) is 0 Å². The van der Waals surface area contributed by atoms with Crippen LogP contribution in [-0.4, -0.2) is 84.3 Å². The topological polar surface area (TPSA) is 157 Å². The normalized spacial score (nSPS) is 30.4. The Morgan fingerprint density at radius 1 is 1.18 bits per heavy atom. The van der Waals surface area contributed by atoms with Crippen LogP contribution in [0.15, 0.2) is 6.07 Å². The third-order valence-electron chi connectivity index (χ3n) is 9.69. The summed E-state index contributed by atoms with van der Waals surface area (Å²) in [6.45, 7) is 4.93. The molecule has 44 heavy (non-hydrogen) atoms. The van der Waals surface area contributed by atoms with Gasteiger partial charge in [-0.25, -0.2) is 0 Å². The number of phenols is 1. The number of methoxy groups -OCH3 is 1. The molecule has 7 rings (SSSR count). The summed E-state index contributed by atoms with van der Waals surface area (Å²) in [4.78, 5) is 29.8. The summed E-state index contributed by atoms with van der Waals surface area (Å²) in [5.74, 6) is 0.953. The number of hydrogen-bond acceptors (Lipinski definition) is 13. The van der Waals surface area contributed by atoms with E-state index in [4.69, 9.17) is 29.4 Å². The van der Waals surface area contributed by atoms with Gasteiger partial charge in [0.15, 0.2) is 23.0 Å². The maximum absolute atomic E-state index is 13.0. The number of fused-ring (bicyclic) bond motifs is 9. The molecule has 5 heterocycles. The SMILES string of the molecule is COc1c(C)cc2c(c1O)[C@@H]1[C@@H]3[C@@H]4SCC(N)C(=O)OC[C@@H](c5c6c(c(C)c(OC(C)=O)c54)OCO6)N3[C@@H](C#N)[C@@H](C2)N1C. The number of carbonyl (C=O) groups is 2. The van der Waals surface area contributed by atoms with Crippen LogP contribution in [0.1, 0.15) is 57.6 Å². The predicted octanol–water partition coefficient (Wildman–Crippen LogP) is 2.56. The van der Waals surface area contributed by atoms with Gasteiger partial charge in [-0.1, -0.05) is 6.07 Å². The fourth-order valence-corrected chi connectivity index (χ4v) is 9.42. The number of likely N-dealkylation sites (N-methyl/N-ethyl adjacent to an activating group) is 1. The molecular formula is C31H34N4O8S. The number of carbonyl (C=O) groups excluding carboxylic acids is 2. The van der Waals surface area contributed by atoms with Gasteiger partial charge in [-0.2, -0.15) is 5.26 Å². The Balaban J connectivity index is 1.56. The Kier molecular flexibility index (Phi) is 6.89. The van der Waals surface area contributed by atoms with Gasteiger partial charge in [0.1, 0.15) is 24.4 Å². The van der Waals surface area contributed by atoms with Gasteiger partial charge in [-0.15, -0.1) is 11.8 Å². The number of rotatable bonds is 2. The second kappa shape index (κ2) is 10.4. The number of nitrogens with zero attached hydrogens (tertiary/aromatic N) is 3. The van der Waals surface area contributed by atoms with Gasteiger partial charge in [0.25, 0.3) is 0 Å². The first-order chi connectivity index (χ1) is 21.1. The molecule has 7 atom stereocenters. The molecule has 5 aliphatic rings. The van der Waals surface area contributed by atoms with Crippen molar-refractivity contribution >= 4 is 23.7 Å². The van der Waals surface area contributed by atoms with Crippen LogP contribution in [-0.2, 0) is 20.7 Å². The van der Waals surface area contributed by atoms with Crippen LogP contribution in [0.4, 0.5) is 0 Å². The zero-order valence-corrected chi connectivity index (χ0v) is 25.9. The highest BCUT2D eigenvalue weighted by Crippen LogP contribution is 2.64. The highest BCUT2D eigenvalue weighted by atomic mass is 32.2. The molecule has 0 amide bonds. The molecular weight excluding hydrogens is 588 g/mol. The monoisotopic (exact) mass is 622 g/mol. The minimum atomic E-state index is -0.890. The molecule has 232 valence electrons. The van der Waals surface area contributed by atoms with E-state index in [1.807, 2.05) is 27.0 Å². The summed E-state index contributed by atoms with van der Waals surface area (Å²) in [6, 6.07) is 1.36. The average molecular weight is 623 g/mol. The second-order valence-electron chi connectivity index (χ2n) is 12.0. The zero-order chi connectivity index (χ0) is 31.2. The maximum atomic E-state index is 13.0. The van der Waals surface area contributed by atoms with E-state index >= 15 is 0 Å². The molecule has 0 saturated carbocycles. The summed E-state index contributed by atoms with van der Waals surface area (Å²) in [5, 5.41) is 22.1. The molecule has 13 heteroatoms. The number of aryl methyl sites for hydroxylation is 1. The van der Waals surface area contributed by atoms with Crippen molar-refractivity contribution < 1.29 is 38.4 Å². The Morgan fingerprint density at radius 2 is 1.93 bits per heavy atom. The van der Waals surface area contributed by atoms with Gasteiger partial charge in [-0.05, 0) is 38.4 Å². The highest BCUT2D eigenvalue weighted by molar-refractivity contribution is 7.99. The van der Waals surface area contributed by atoms with E-state index in [0.29, 0.717) is 40.5 Å². The molecule has 2 saturated heterocycles. The number of phenolic OH excluding ortho intramolecular Hbond substituents is 1. The van der Waals surface area contributed by atoms with Crippen molar-refractivity contribution in [2.24, 2.45) is 5.73 Å². The molecule has 2 fully saturated rings. The molecule has 0 aromatic heterocycles. The lowest BCUT2D eigenvalue weighted by Crippen LogP contribution is -2.69. The Bertz CT molecular complexity index is 1640. The zero-order valence-electron chi connectivity index (χ0n) is 25.1. The first-order valence-electron chi connectivity index (χ1n) is 14.5. The predicted molar refractivity (Wildman–Crippen MR) is 158 cm³/mol. The van der Waals surface area contributed by atoms with E-state index in [1.54, 1.807) is 0 Å². The molecule has 12 nitrogen and oxygen atoms in total. The van der Waals surface area contributed by atoms with E-state index in [-0.39, 0.29) is 30.9 Å². The van der Waals surface area contributed by atoms with E-state index in [2.05, 4.69) is 15.9 Å². The van der Waals surface area contributed by atoms with E-state index in [1.165, 1.54) is 25.8 Å². The number of hydrogen-bond donors (Lipinski definition) is 2. The van der Waals surface area contributed by atoms with Crippen molar-refractivity contribution in [3.63, 3.8) is 0 Å². The van der Waals surface area contributed by atoms with E-state index in [9.17, 15) is 20.0 Å². The van der Waals surface area contributed by atoms with Gasteiger partial charge >= 0.3 is 11.9 Å². The fraction of sp³-hybridized carbons (Fsp3) is 0.516. The van der Waals surface area contributed by atoms with Gasteiger partial charge in [0.2, 0.25) is 6.79 Å². The van der Waals surface area contributed by atoms with Gasteiger partial charge < -0.3 is 34.5 Å². The van der Waals surface area contributed by atoms with Gasteiger partial charge in [-0.3, -0.25) is 19.4 Å². The third-order valence-corrected chi connectivity index (χ3v) is 11.1. The number of piperazine rings is 1. The fourth-order valence-electron chi connectivity index (χ4n) is 7.98. The van der Waals surface area contributed by atoms with Crippen molar-refractivity contribution in [3.8, 4) is 34.8 Å². The van der Waals surface area contributed by atoms with Crippen LogP contribution in [0.25, 0.3) is 0 Å². The molecule has 2 aromatic carbocycles. The molecule has 4 bridgehead atoms. The molecule has 3 N–H and O–H groups in total. The molecule has 0 aliphatic carbocycles. The van der Waals surface area contributed by atoms with Crippen molar-refractivity contribution in [2.45, 2.75) is 68.7 Å². The maximum Gasteiger partial charge on any atom is 0.323 e. The molecule has 0 spiro atoms. The van der Waals surface area contributed by atoms with Crippen molar-refractivity contribution in [1.29, 1.82) is 5.26 Å². The average Bonchev–Trinajstić information content (AvgIpc) is 3.47. The first-order valence-corrected chi connectivity index (χ1v) is 15.6. The quantitative estimate of drug-likeness (QED) is 0.372. The summed E-state index contributed by atoms with van der Waals surface area (Å²) in [7, 11) is 3.51.